The predicted octanol–water partition coefficient (Wildman–Crippen LogP) is 2.78. The maximum Gasteiger partial charge on any atom is 0.229 e. The van der Waals surface area contributed by atoms with Gasteiger partial charge in [-0.05, 0) is 25.0 Å². The monoisotopic (exact) mass is 319 g/mol. The number of anilines is 1. The van der Waals surface area contributed by atoms with Crippen LogP contribution in [0.3, 0.4) is 0 Å². The summed E-state index contributed by atoms with van der Waals surface area (Å²) >= 11 is 1.38. The molecule has 1 aliphatic rings. The van der Waals surface area contributed by atoms with Crippen molar-refractivity contribution >= 4 is 28.3 Å². The number of thiazole rings is 1. The van der Waals surface area contributed by atoms with Crippen molar-refractivity contribution in [2.75, 3.05) is 5.32 Å². The van der Waals surface area contributed by atoms with Crippen molar-refractivity contribution in [3.63, 3.8) is 0 Å². The first-order chi connectivity index (χ1) is 10.6. The molecule has 1 aliphatic carbocycles. The van der Waals surface area contributed by atoms with Gasteiger partial charge in [0.2, 0.25) is 11.8 Å². The number of carbonyl (C=O) groups excluding carboxylic acids is 2. The van der Waals surface area contributed by atoms with Crippen LogP contribution in [0.1, 0.15) is 31.9 Å². The van der Waals surface area contributed by atoms with Gasteiger partial charge >= 0.3 is 0 Å². The van der Waals surface area contributed by atoms with E-state index in [9.17, 15) is 9.59 Å². The number of nitrogens with one attached hydrogen (secondary N) is 2. The standard InChI is InChI=1S/C15H17N3O3S/c1-9(19)16-7-11-5-6-13(21-11)12-8-22-15(17-12)18-14(20)10-3-2-4-10/h5-6,8,10H,2-4,7H2,1H3,(H,16,19)(H,17,18,20). The lowest BCUT2D eigenvalue weighted by molar-refractivity contribution is -0.122. The number of hydrogen-bond donors (Lipinski definition) is 2. The Kier molecular flexibility index (Phi) is 4.24. The maximum atomic E-state index is 11.9. The molecule has 2 aromatic rings. The van der Waals surface area contributed by atoms with Gasteiger partial charge in [-0.3, -0.25) is 9.59 Å². The second kappa shape index (κ2) is 6.31. The molecular formula is C15H17N3O3S. The average Bonchev–Trinajstić information content (AvgIpc) is 3.02. The van der Waals surface area contributed by atoms with Crippen LogP contribution in [-0.4, -0.2) is 16.8 Å². The summed E-state index contributed by atoms with van der Waals surface area (Å²) in [4.78, 5) is 27.1. The molecule has 0 atom stereocenters. The number of hydrogen-bond acceptors (Lipinski definition) is 5. The third kappa shape index (κ3) is 3.36. The Morgan fingerprint density at radius 2 is 2.23 bits per heavy atom. The minimum Gasteiger partial charge on any atom is -0.458 e. The van der Waals surface area contributed by atoms with Crippen molar-refractivity contribution < 1.29 is 14.0 Å². The van der Waals surface area contributed by atoms with Crippen LogP contribution in [0.25, 0.3) is 11.5 Å². The molecule has 1 saturated carbocycles. The molecule has 7 heteroatoms. The van der Waals surface area contributed by atoms with E-state index in [2.05, 4.69) is 15.6 Å². The van der Waals surface area contributed by atoms with E-state index in [0.29, 0.717) is 28.9 Å². The van der Waals surface area contributed by atoms with Crippen LogP contribution in [0.2, 0.25) is 0 Å². The summed E-state index contributed by atoms with van der Waals surface area (Å²) in [6, 6.07) is 3.61. The number of aromatic nitrogens is 1. The van der Waals surface area contributed by atoms with E-state index in [0.717, 1.165) is 19.3 Å². The highest BCUT2D eigenvalue weighted by atomic mass is 32.1. The van der Waals surface area contributed by atoms with Gasteiger partial charge in [0.15, 0.2) is 10.9 Å². The zero-order valence-electron chi connectivity index (χ0n) is 12.2. The van der Waals surface area contributed by atoms with Gasteiger partial charge in [0.25, 0.3) is 0 Å². The average molecular weight is 319 g/mol. The van der Waals surface area contributed by atoms with Gasteiger partial charge in [-0.15, -0.1) is 11.3 Å². The number of furan rings is 1. The minimum atomic E-state index is -0.104. The van der Waals surface area contributed by atoms with Crippen molar-refractivity contribution in [1.82, 2.24) is 10.3 Å². The van der Waals surface area contributed by atoms with E-state index in [-0.39, 0.29) is 17.7 Å². The fourth-order valence-corrected chi connectivity index (χ4v) is 2.85. The first-order valence-electron chi connectivity index (χ1n) is 7.22. The molecule has 0 saturated heterocycles. The molecule has 2 aromatic heterocycles. The first-order valence-corrected chi connectivity index (χ1v) is 8.09. The molecule has 0 unspecified atom stereocenters. The van der Waals surface area contributed by atoms with E-state index in [4.69, 9.17) is 4.42 Å². The van der Waals surface area contributed by atoms with Gasteiger partial charge in [-0.25, -0.2) is 4.98 Å². The summed E-state index contributed by atoms with van der Waals surface area (Å²) in [5.74, 6) is 1.38. The molecule has 0 bridgehead atoms. The number of carbonyl (C=O) groups is 2. The van der Waals surface area contributed by atoms with Crippen LogP contribution in [-0.2, 0) is 16.1 Å². The number of amides is 2. The Hall–Kier alpha value is -2.15. The minimum absolute atomic E-state index is 0.0537. The van der Waals surface area contributed by atoms with Crippen LogP contribution in [0.5, 0.6) is 0 Å². The lowest BCUT2D eigenvalue weighted by atomic mass is 9.85. The lowest BCUT2D eigenvalue weighted by Gasteiger charge is -2.23. The molecule has 0 aromatic carbocycles. The van der Waals surface area contributed by atoms with Gasteiger partial charge in [-0.2, -0.15) is 0 Å². The fraction of sp³-hybridized carbons (Fsp3) is 0.400. The molecule has 6 nitrogen and oxygen atoms in total. The Bertz CT molecular complexity index is 688. The van der Waals surface area contributed by atoms with E-state index < -0.39 is 0 Å². The van der Waals surface area contributed by atoms with Gasteiger partial charge in [0.1, 0.15) is 11.5 Å². The molecule has 1 fully saturated rings. The van der Waals surface area contributed by atoms with Crippen LogP contribution in [0.4, 0.5) is 5.13 Å². The Morgan fingerprint density at radius 3 is 2.91 bits per heavy atom. The summed E-state index contributed by atoms with van der Waals surface area (Å²) in [6.07, 6.45) is 3.06. The van der Waals surface area contributed by atoms with Gasteiger partial charge in [0.05, 0.1) is 6.54 Å². The SMILES string of the molecule is CC(=O)NCc1ccc(-c2csc(NC(=O)C3CCC3)n2)o1. The molecule has 3 rings (SSSR count). The first kappa shape index (κ1) is 14.8. The highest BCUT2D eigenvalue weighted by Crippen LogP contribution is 2.30. The van der Waals surface area contributed by atoms with Crippen molar-refractivity contribution in [2.45, 2.75) is 32.7 Å². The summed E-state index contributed by atoms with van der Waals surface area (Å²) < 4.78 is 5.63. The smallest absolute Gasteiger partial charge is 0.229 e. The summed E-state index contributed by atoms with van der Waals surface area (Å²) in [7, 11) is 0. The van der Waals surface area contributed by atoms with E-state index in [1.54, 1.807) is 6.07 Å². The predicted molar refractivity (Wildman–Crippen MR) is 83.3 cm³/mol. The van der Waals surface area contributed by atoms with Crippen molar-refractivity contribution in [3.8, 4) is 11.5 Å². The molecule has 0 radical (unpaired) electrons. The molecule has 2 amide bonds. The molecule has 0 aliphatic heterocycles. The second-order valence-corrected chi connectivity index (χ2v) is 6.19. The van der Waals surface area contributed by atoms with Crippen molar-refractivity contribution in [2.24, 2.45) is 5.92 Å². The normalized spacial score (nSPS) is 14.4. The van der Waals surface area contributed by atoms with Crippen LogP contribution in [0.15, 0.2) is 21.9 Å². The zero-order valence-corrected chi connectivity index (χ0v) is 13.0. The molecular weight excluding hydrogens is 302 g/mol. The molecule has 22 heavy (non-hydrogen) atoms. The number of nitrogens with zero attached hydrogens (tertiary/aromatic N) is 1. The topological polar surface area (TPSA) is 84.2 Å². The van der Waals surface area contributed by atoms with Crippen LogP contribution < -0.4 is 10.6 Å². The third-order valence-corrected chi connectivity index (χ3v) is 4.39. The van der Waals surface area contributed by atoms with Crippen molar-refractivity contribution in [1.29, 1.82) is 0 Å². The Balaban J connectivity index is 1.63. The van der Waals surface area contributed by atoms with Crippen molar-refractivity contribution in [3.05, 3.63) is 23.3 Å². The van der Waals surface area contributed by atoms with Crippen LogP contribution in [0, 0.1) is 5.92 Å². The van der Waals surface area contributed by atoms with Gasteiger partial charge < -0.3 is 15.1 Å². The summed E-state index contributed by atoms with van der Waals surface area (Å²) in [5.41, 5.74) is 0.683. The molecule has 2 N–H and O–H groups in total. The zero-order chi connectivity index (χ0) is 15.5. The molecule has 116 valence electrons. The van der Waals surface area contributed by atoms with E-state index in [1.165, 1.54) is 18.3 Å². The Labute approximate surface area is 131 Å². The maximum absolute atomic E-state index is 11.9. The highest BCUT2D eigenvalue weighted by Gasteiger charge is 2.25. The van der Waals surface area contributed by atoms with Gasteiger partial charge in [0, 0.05) is 18.2 Å². The Morgan fingerprint density at radius 1 is 1.41 bits per heavy atom. The lowest BCUT2D eigenvalue weighted by Crippen LogP contribution is -2.27. The summed E-state index contributed by atoms with van der Waals surface area (Å²) in [6.45, 7) is 1.81. The second-order valence-electron chi connectivity index (χ2n) is 5.33. The molecule has 0 spiro atoms. The third-order valence-electron chi connectivity index (χ3n) is 3.64. The largest absolute Gasteiger partial charge is 0.458 e. The quantitative estimate of drug-likeness (QED) is 0.887. The highest BCUT2D eigenvalue weighted by molar-refractivity contribution is 7.14. The van der Waals surface area contributed by atoms with Gasteiger partial charge in [-0.1, -0.05) is 6.42 Å². The summed E-state index contributed by atoms with van der Waals surface area (Å²) in [5, 5.41) is 7.96. The fourth-order valence-electron chi connectivity index (χ4n) is 2.14. The van der Waals surface area contributed by atoms with Crippen LogP contribution >= 0.6 is 11.3 Å². The van der Waals surface area contributed by atoms with E-state index in [1.807, 2.05) is 11.4 Å². The van der Waals surface area contributed by atoms with E-state index >= 15 is 0 Å². The number of rotatable bonds is 5. The molecule has 2 heterocycles.